The van der Waals surface area contributed by atoms with E-state index in [9.17, 15) is 14.5 Å². The van der Waals surface area contributed by atoms with Crippen LogP contribution in [0.15, 0.2) is 16.6 Å². The first-order valence-electron chi connectivity index (χ1n) is 6.89. The highest BCUT2D eigenvalue weighted by molar-refractivity contribution is 9.10. The van der Waals surface area contributed by atoms with Gasteiger partial charge in [0.15, 0.2) is 0 Å². The third kappa shape index (κ3) is 4.74. The summed E-state index contributed by atoms with van der Waals surface area (Å²) in [6, 6.07) is 2.58. The van der Waals surface area contributed by atoms with Crippen molar-refractivity contribution in [2.45, 2.75) is 52.0 Å². The van der Waals surface area contributed by atoms with E-state index in [0.29, 0.717) is 5.69 Å². The first-order chi connectivity index (χ1) is 9.49. The zero-order chi connectivity index (χ0) is 15.1. The van der Waals surface area contributed by atoms with Gasteiger partial charge in [0.2, 0.25) is 0 Å². The molecule has 4 nitrogen and oxygen atoms in total. The molecule has 0 heterocycles. The van der Waals surface area contributed by atoms with Crippen molar-refractivity contribution in [1.29, 1.82) is 0 Å². The van der Waals surface area contributed by atoms with Crippen LogP contribution in [0.3, 0.4) is 0 Å². The summed E-state index contributed by atoms with van der Waals surface area (Å²) in [4.78, 5) is 10.5. The molecule has 1 rings (SSSR count). The van der Waals surface area contributed by atoms with Crippen molar-refractivity contribution >= 4 is 27.3 Å². The fourth-order valence-electron chi connectivity index (χ4n) is 2.11. The smallest absolute Gasteiger partial charge is 0.295 e. The number of hydrogen-bond acceptors (Lipinski definition) is 3. The summed E-state index contributed by atoms with van der Waals surface area (Å²) < 4.78 is 13.7. The molecule has 112 valence electrons. The number of benzene rings is 1. The van der Waals surface area contributed by atoms with Gasteiger partial charge in [0.05, 0.1) is 15.5 Å². The number of halogens is 2. The molecule has 0 bridgehead atoms. The lowest BCUT2D eigenvalue weighted by molar-refractivity contribution is -0.384. The summed E-state index contributed by atoms with van der Waals surface area (Å²) >= 11 is 3.07. The van der Waals surface area contributed by atoms with Crippen molar-refractivity contribution in [2.24, 2.45) is 0 Å². The van der Waals surface area contributed by atoms with Gasteiger partial charge >= 0.3 is 0 Å². The Morgan fingerprint density at radius 1 is 1.35 bits per heavy atom. The second-order valence-corrected chi connectivity index (χ2v) is 5.67. The lowest BCUT2D eigenvalue weighted by atomic mass is 10.0. The molecule has 20 heavy (non-hydrogen) atoms. The van der Waals surface area contributed by atoms with Crippen LogP contribution in [0.4, 0.5) is 15.8 Å². The fraction of sp³-hybridized carbons (Fsp3) is 0.571. The summed E-state index contributed by atoms with van der Waals surface area (Å²) in [6.45, 7) is 4.19. The van der Waals surface area contributed by atoms with E-state index < -0.39 is 10.7 Å². The van der Waals surface area contributed by atoms with E-state index in [1.165, 1.54) is 6.07 Å². The second-order valence-electron chi connectivity index (χ2n) is 4.81. The molecule has 1 aromatic rings. The molecule has 0 radical (unpaired) electrons. The Morgan fingerprint density at radius 3 is 2.60 bits per heavy atom. The second kappa shape index (κ2) is 8.19. The summed E-state index contributed by atoms with van der Waals surface area (Å²) in [6.07, 6.45) is 5.03. The third-order valence-electron chi connectivity index (χ3n) is 3.14. The molecule has 1 unspecified atom stereocenters. The summed E-state index contributed by atoms with van der Waals surface area (Å²) in [5.41, 5.74) is 0.154. The molecule has 0 aliphatic carbocycles. The zero-order valence-corrected chi connectivity index (χ0v) is 13.4. The molecule has 0 aliphatic rings. The molecule has 0 saturated carbocycles. The van der Waals surface area contributed by atoms with Gasteiger partial charge in [-0.1, -0.05) is 33.1 Å². The summed E-state index contributed by atoms with van der Waals surface area (Å²) in [7, 11) is 0. The van der Waals surface area contributed by atoms with Crippen molar-refractivity contribution in [3.63, 3.8) is 0 Å². The summed E-state index contributed by atoms with van der Waals surface area (Å²) in [5.74, 6) is -0.622. The van der Waals surface area contributed by atoms with Gasteiger partial charge in [0.25, 0.3) is 5.69 Å². The fourth-order valence-corrected chi connectivity index (χ4v) is 2.45. The van der Waals surface area contributed by atoms with Crippen LogP contribution in [0.1, 0.15) is 46.0 Å². The van der Waals surface area contributed by atoms with E-state index in [2.05, 4.69) is 35.1 Å². The van der Waals surface area contributed by atoms with E-state index in [1.807, 2.05) is 0 Å². The topological polar surface area (TPSA) is 55.2 Å². The highest BCUT2D eigenvalue weighted by Crippen LogP contribution is 2.31. The molecule has 1 N–H and O–H groups in total. The SMILES string of the molecule is CCCCC(CCC)Nc1cc(Br)c(F)cc1[N+](=O)[O-]. The van der Waals surface area contributed by atoms with Crippen molar-refractivity contribution in [3.8, 4) is 0 Å². The highest BCUT2D eigenvalue weighted by Gasteiger charge is 2.19. The van der Waals surface area contributed by atoms with E-state index >= 15 is 0 Å². The van der Waals surface area contributed by atoms with Crippen LogP contribution >= 0.6 is 15.9 Å². The predicted molar refractivity (Wildman–Crippen MR) is 82.6 cm³/mol. The van der Waals surface area contributed by atoms with Gasteiger partial charge in [-0.25, -0.2) is 4.39 Å². The van der Waals surface area contributed by atoms with Gasteiger partial charge in [-0.15, -0.1) is 0 Å². The van der Waals surface area contributed by atoms with Gasteiger partial charge in [-0.2, -0.15) is 0 Å². The minimum absolute atomic E-state index is 0.177. The molecule has 0 aliphatic heterocycles. The van der Waals surface area contributed by atoms with Gasteiger partial charge in [0.1, 0.15) is 11.5 Å². The number of anilines is 1. The average molecular weight is 347 g/mol. The van der Waals surface area contributed by atoms with Crippen molar-refractivity contribution in [2.75, 3.05) is 5.32 Å². The van der Waals surface area contributed by atoms with Crippen LogP contribution in [0, 0.1) is 15.9 Å². The number of nitrogens with one attached hydrogen (secondary N) is 1. The van der Waals surface area contributed by atoms with Crippen LogP contribution in [-0.2, 0) is 0 Å². The van der Waals surface area contributed by atoms with Crippen LogP contribution < -0.4 is 5.32 Å². The van der Waals surface area contributed by atoms with Gasteiger partial charge < -0.3 is 5.32 Å². The number of unbranched alkanes of at least 4 members (excludes halogenated alkanes) is 1. The minimum Gasteiger partial charge on any atom is -0.377 e. The number of nitrogens with zero attached hydrogens (tertiary/aromatic N) is 1. The van der Waals surface area contributed by atoms with E-state index in [-0.39, 0.29) is 16.2 Å². The first-order valence-corrected chi connectivity index (χ1v) is 7.68. The molecular weight excluding hydrogens is 327 g/mol. The van der Waals surface area contributed by atoms with Crippen LogP contribution in [0.25, 0.3) is 0 Å². The van der Waals surface area contributed by atoms with Crippen molar-refractivity contribution in [3.05, 3.63) is 32.5 Å². The minimum atomic E-state index is -0.622. The van der Waals surface area contributed by atoms with Crippen molar-refractivity contribution in [1.82, 2.24) is 0 Å². The first kappa shape index (κ1) is 16.9. The maximum absolute atomic E-state index is 13.4. The maximum atomic E-state index is 13.4. The Hall–Kier alpha value is -1.17. The van der Waals surface area contributed by atoms with E-state index in [0.717, 1.165) is 38.2 Å². The van der Waals surface area contributed by atoms with Gasteiger partial charge in [-0.05, 0) is 34.8 Å². The maximum Gasteiger partial charge on any atom is 0.295 e. The van der Waals surface area contributed by atoms with E-state index in [4.69, 9.17) is 0 Å². The van der Waals surface area contributed by atoms with Gasteiger partial charge in [0, 0.05) is 6.04 Å². The molecule has 0 aromatic heterocycles. The third-order valence-corrected chi connectivity index (χ3v) is 3.75. The average Bonchev–Trinajstić information content (AvgIpc) is 2.39. The number of rotatable bonds is 8. The lowest BCUT2D eigenvalue weighted by Gasteiger charge is -2.19. The van der Waals surface area contributed by atoms with Crippen molar-refractivity contribution < 1.29 is 9.31 Å². The van der Waals surface area contributed by atoms with Crippen LogP contribution in [0.2, 0.25) is 0 Å². The number of hydrogen-bond donors (Lipinski definition) is 1. The molecule has 0 saturated heterocycles. The Kier molecular flexibility index (Phi) is 6.91. The Bertz CT molecular complexity index is 469. The Labute approximate surface area is 127 Å². The van der Waals surface area contributed by atoms with Crippen LogP contribution in [0.5, 0.6) is 0 Å². The molecule has 6 heteroatoms. The summed E-state index contributed by atoms with van der Waals surface area (Å²) in [5, 5.41) is 14.2. The zero-order valence-electron chi connectivity index (χ0n) is 11.8. The molecule has 1 atom stereocenters. The number of nitro groups is 1. The molecule has 0 amide bonds. The lowest BCUT2D eigenvalue weighted by Crippen LogP contribution is -2.20. The Balaban J connectivity index is 2.98. The standard InChI is InChI=1S/C14H20BrFN2O2/c1-3-5-7-10(6-4-2)17-13-8-11(15)12(16)9-14(13)18(19)20/h8-10,17H,3-7H2,1-2H3. The van der Waals surface area contributed by atoms with E-state index in [1.54, 1.807) is 0 Å². The van der Waals surface area contributed by atoms with Crippen LogP contribution in [-0.4, -0.2) is 11.0 Å². The highest BCUT2D eigenvalue weighted by atomic mass is 79.9. The normalized spacial score (nSPS) is 12.2. The Morgan fingerprint density at radius 2 is 2.05 bits per heavy atom. The number of nitro benzene ring substituents is 1. The molecular formula is C14H20BrFN2O2. The monoisotopic (exact) mass is 346 g/mol. The van der Waals surface area contributed by atoms with Gasteiger partial charge in [-0.3, -0.25) is 10.1 Å². The predicted octanol–water partition coefficient (Wildman–Crippen LogP) is 5.27. The molecule has 0 fully saturated rings. The molecule has 1 aromatic carbocycles. The quantitative estimate of drug-likeness (QED) is 0.515. The largest absolute Gasteiger partial charge is 0.377 e. The molecule has 0 spiro atoms.